The summed E-state index contributed by atoms with van der Waals surface area (Å²) in [6, 6.07) is 17.0. The number of halogens is 2. The molecule has 0 unspecified atom stereocenters. The lowest BCUT2D eigenvalue weighted by molar-refractivity contribution is 0.0696. The third kappa shape index (κ3) is 6.01. The van der Waals surface area contributed by atoms with Gasteiger partial charge in [0, 0.05) is 21.5 Å². The van der Waals surface area contributed by atoms with Crippen LogP contribution in [0.1, 0.15) is 47.1 Å². The van der Waals surface area contributed by atoms with Crippen LogP contribution in [0.5, 0.6) is 5.75 Å². The van der Waals surface area contributed by atoms with Gasteiger partial charge in [0.15, 0.2) is 0 Å². The molecule has 7 nitrogen and oxygen atoms in total. The summed E-state index contributed by atoms with van der Waals surface area (Å²) >= 11 is 9.64. The Morgan fingerprint density at radius 1 is 1.19 bits per heavy atom. The molecule has 0 radical (unpaired) electrons. The van der Waals surface area contributed by atoms with Crippen LogP contribution >= 0.6 is 27.5 Å². The molecule has 9 heteroatoms. The van der Waals surface area contributed by atoms with Crippen LogP contribution in [0, 0.1) is 0 Å². The molecular weight excluding hydrogens is 546 g/mol. The maximum Gasteiger partial charge on any atom is 0.335 e. The van der Waals surface area contributed by atoms with Gasteiger partial charge in [0.2, 0.25) is 0 Å². The van der Waals surface area contributed by atoms with Crippen molar-refractivity contribution in [3.8, 4) is 5.75 Å². The molecule has 0 aliphatic heterocycles. The van der Waals surface area contributed by atoms with Gasteiger partial charge in [-0.3, -0.25) is 4.79 Å². The summed E-state index contributed by atoms with van der Waals surface area (Å²) in [4.78, 5) is 29.3. The smallest absolute Gasteiger partial charge is 0.335 e. The van der Waals surface area contributed by atoms with Crippen LogP contribution < -0.4 is 10.3 Å². The Kier molecular flexibility index (Phi) is 8.18. The van der Waals surface area contributed by atoms with Crippen molar-refractivity contribution >= 4 is 50.6 Å². The van der Waals surface area contributed by atoms with E-state index in [0.29, 0.717) is 45.0 Å². The first-order valence-corrected chi connectivity index (χ1v) is 12.5. The molecule has 0 saturated heterocycles. The standard InChI is InChI=1S/C27H23BrClN3O4/c1-2-3-7-25-31-23-10-8-20(28)14-22(23)26(33)32(25)30-15-19-13-21(29)9-11-24(19)36-16-17-5-4-6-18(12-17)27(34)35/h4-6,8-15H,2-3,7,16H2,1H3,(H,34,35). The number of nitrogens with zero attached hydrogens (tertiary/aromatic N) is 3. The number of carboxylic acids is 1. The largest absolute Gasteiger partial charge is 0.488 e. The van der Waals surface area contributed by atoms with E-state index in [0.717, 1.165) is 17.3 Å². The van der Waals surface area contributed by atoms with Gasteiger partial charge in [0.05, 0.1) is 22.7 Å². The predicted octanol–water partition coefficient (Wildman–Crippen LogP) is 6.31. The van der Waals surface area contributed by atoms with Crippen molar-refractivity contribution in [3.63, 3.8) is 0 Å². The maximum absolute atomic E-state index is 13.3. The Hall–Kier alpha value is -3.49. The molecule has 184 valence electrons. The Labute approximate surface area is 221 Å². The van der Waals surface area contributed by atoms with Gasteiger partial charge in [-0.25, -0.2) is 9.78 Å². The topological polar surface area (TPSA) is 93.8 Å². The molecule has 1 heterocycles. The van der Waals surface area contributed by atoms with E-state index in [9.17, 15) is 14.7 Å². The first kappa shape index (κ1) is 25.6. The fraction of sp³-hybridized carbons (Fsp3) is 0.185. The van der Waals surface area contributed by atoms with E-state index >= 15 is 0 Å². The fourth-order valence-corrected chi connectivity index (χ4v) is 4.18. The van der Waals surface area contributed by atoms with Crippen LogP contribution in [-0.2, 0) is 13.0 Å². The number of aromatic carboxylic acids is 1. The summed E-state index contributed by atoms with van der Waals surface area (Å²) in [5.74, 6) is 0.0583. The molecule has 1 aromatic heterocycles. The summed E-state index contributed by atoms with van der Waals surface area (Å²) in [5.41, 5.74) is 1.81. The number of carbonyl (C=O) groups is 1. The average molecular weight is 569 g/mol. The summed E-state index contributed by atoms with van der Waals surface area (Å²) < 4.78 is 8.07. The van der Waals surface area contributed by atoms with E-state index in [-0.39, 0.29) is 17.7 Å². The van der Waals surface area contributed by atoms with Crippen molar-refractivity contribution in [2.75, 3.05) is 0 Å². The first-order chi connectivity index (χ1) is 17.4. The summed E-state index contributed by atoms with van der Waals surface area (Å²) in [6.07, 6.45) is 3.95. The summed E-state index contributed by atoms with van der Waals surface area (Å²) in [5, 5.41) is 14.6. The van der Waals surface area contributed by atoms with E-state index in [1.807, 2.05) is 12.1 Å². The van der Waals surface area contributed by atoms with E-state index in [4.69, 9.17) is 16.3 Å². The highest BCUT2D eigenvalue weighted by Crippen LogP contribution is 2.23. The van der Waals surface area contributed by atoms with Crippen LogP contribution in [0.3, 0.4) is 0 Å². The lowest BCUT2D eigenvalue weighted by Gasteiger charge is -2.11. The SMILES string of the molecule is CCCCc1nc2ccc(Br)cc2c(=O)n1N=Cc1cc(Cl)ccc1OCc1cccc(C(=O)O)c1. The third-order valence-corrected chi connectivity index (χ3v) is 6.21. The highest BCUT2D eigenvalue weighted by molar-refractivity contribution is 9.10. The van der Waals surface area contributed by atoms with Crippen LogP contribution in [0.2, 0.25) is 5.02 Å². The minimum atomic E-state index is -1.00. The highest BCUT2D eigenvalue weighted by Gasteiger charge is 2.12. The second-order valence-electron chi connectivity index (χ2n) is 8.13. The number of aryl methyl sites for hydroxylation is 1. The molecule has 0 spiro atoms. The number of hydrogen-bond acceptors (Lipinski definition) is 5. The van der Waals surface area contributed by atoms with Crippen molar-refractivity contribution in [1.29, 1.82) is 0 Å². The molecule has 0 saturated carbocycles. The number of aromatic nitrogens is 2. The van der Waals surface area contributed by atoms with Gasteiger partial charge in [0.25, 0.3) is 5.56 Å². The van der Waals surface area contributed by atoms with Crippen molar-refractivity contribution in [1.82, 2.24) is 9.66 Å². The molecule has 0 fully saturated rings. The van der Waals surface area contributed by atoms with Crippen LogP contribution in [0.25, 0.3) is 10.9 Å². The van der Waals surface area contributed by atoms with E-state index in [1.54, 1.807) is 42.5 Å². The van der Waals surface area contributed by atoms with Gasteiger partial charge in [-0.05, 0) is 60.5 Å². The van der Waals surface area contributed by atoms with Crippen molar-refractivity contribution < 1.29 is 14.6 Å². The van der Waals surface area contributed by atoms with Gasteiger partial charge >= 0.3 is 5.97 Å². The normalized spacial score (nSPS) is 11.3. The molecule has 4 rings (SSSR count). The molecule has 4 aromatic rings. The zero-order valence-corrected chi connectivity index (χ0v) is 21.8. The molecular formula is C27H23BrClN3O4. The van der Waals surface area contributed by atoms with Crippen molar-refractivity contribution in [2.24, 2.45) is 5.10 Å². The Morgan fingerprint density at radius 2 is 2.03 bits per heavy atom. The zero-order valence-electron chi connectivity index (χ0n) is 19.4. The number of unbranched alkanes of at least 4 members (excludes halogenated alkanes) is 1. The van der Waals surface area contributed by atoms with Crippen molar-refractivity contribution in [2.45, 2.75) is 32.8 Å². The summed E-state index contributed by atoms with van der Waals surface area (Å²) in [7, 11) is 0. The lowest BCUT2D eigenvalue weighted by Crippen LogP contribution is -2.22. The van der Waals surface area contributed by atoms with Crippen molar-refractivity contribution in [3.05, 3.63) is 103 Å². The molecule has 1 N–H and O–H groups in total. The summed E-state index contributed by atoms with van der Waals surface area (Å²) in [6.45, 7) is 2.22. The second-order valence-corrected chi connectivity index (χ2v) is 9.48. The minimum Gasteiger partial charge on any atom is -0.488 e. The number of hydrogen-bond donors (Lipinski definition) is 1. The molecule has 3 aromatic carbocycles. The minimum absolute atomic E-state index is 0.150. The fourth-order valence-electron chi connectivity index (χ4n) is 3.64. The van der Waals surface area contributed by atoms with E-state index in [2.05, 4.69) is 32.9 Å². The first-order valence-electron chi connectivity index (χ1n) is 11.4. The molecule has 0 aliphatic rings. The highest BCUT2D eigenvalue weighted by atomic mass is 79.9. The van der Waals surface area contributed by atoms with Crippen LogP contribution in [-0.4, -0.2) is 27.0 Å². The molecule has 36 heavy (non-hydrogen) atoms. The van der Waals surface area contributed by atoms with Gasteiger partial charge in [-0.1, -0.05) is 53.0 Å². The number of carboxylic acid groups (broad SMARTS) is 1. The van der Waals surface area contributed by atoms with Gasteiger partial charge in [-0.2, -0.15) is 9.78 Å². The number of fused-ring (bicyclic) bond motifs is 1. The number of rotatable bonds is 9. The molecule has 0 bridgehead atoms. The van der Waals surface area contributed by atoms with Gasteiger partial charge < -0.3 is 9.84 Å². The predicted molar refractivity (Wildman–Crippen MR) is 144 cm³/mol. The third-order valence-electron chi connectivity index (χ3n) is 5.48. The van der Waals surface area contributed by atoms with Crippen LogP contribution in [0.15, 0.2) is 75.0 Å². The molecule has 0 amide bonds. The number of benzene rings is 3. The van der Waals surface area contributed by atoms with Crippen LogP contribution in [0.4, 0.5) is 0 Å². The monoisotopic (exact) mass is 567 g/mol. The van der Waals surface area contributed by atoms with E-state index < -0.39 is 5.97 Å². The average Bonchev–Trinajstić information content (AvgIpc) is 2.87. The molecule has 0 atom stereocenters. The Bertz CT molecular complexity index is 1520. The zero-order chi connectivity index (χ0) is 25.7. The lowest BCUT2D eigenvalue weighted by atomic mass is 10.1. The second kappa shape index (κ2) is 11.5. The Morgan fingerprint density at radius 3 is 2.81 bits per heavy atom. The van der Waals surface area contributed by atoms with Gasteiger partial charge in [0.1, 0.15) is 18.2 Å². The Balaban J connectivity index is 1.69. The quantitative estimate of drug-likeness (QED) is 0.239. The van der Waals surface area contributed by atoms with E-state index in [1.165, 1.54) is 17.0 Å². The number of ether oxygens (including phenoxy) is 1. The van der Waals surface area contributed by atoms with Gasteiger partial charge in [-0.15, -0.1) is 0 Å². The molecule has 0 aliphatic carbocycles. The maximum atomic E-state index is 13.3.